The van der Waals surface area contributed by atoms with Crippen LogP contribution in [0.5, 0.6) is 5.75 Å². The van der Waals surface area contributed by atoms with E-state index in [0.717, 1.165) is 0 Å². The molecule has 5 rings (SSSR count). The number of nitrogens with zero attached hydrogens (tertiary/aromatic N) is 3. The molecule has 2 aromatic heterocycles. The van der Waals surface area contributed by atoms with Gasteiger partial charge in [-0.05, 0) is 25.1 Å². The summed E-state index contributed by atoms with van der Waals surface area (Å²) in [7, 11) is 0. The highest BCUT2D eigenvalue weighted by molar-refractivity contribution is 6.36. The SMILES string of the molecule is C[C@@H](Oc1cc(-c2cnn(C3COC4OCC(F)(F)C43)c2)cnc1N)c1c(Cl)ccc(F)c1Cl. The summed E-state index contributed by atoms with van der Waals surface area (Å²) >= 11 is 12.3. The van der Waals surface area contributed by atoms with Crippen molar-refractivity contribution in [3.05, 3.63) is 58.2 Å². The van der Waals surface area contributed by atoms with Crippen molar-refractivity contribution < 1.29 is 27.4 Å². The van der Waals surface area contributed by atoms with Crippen LogP contribution in [0, 0.1) is 11.7 Å². The number of fused-ring (bicyclic) bond motifs is 1. The first-order valence-electron chi connectivity index (χ1n) is 10.4. The van der Waals surface area contributed by atoms with Crippen LogP contribution in [-0.4, -0.2) is 40.2 Å². The third kappa shape index (κ3) is 3.98. The smallest absolute Gasteiger partial charge is 0.280 e. The fourth-order valence-corrected chi connectivity index (χ4v) is 4.96. The van der Waals surface area contributed by atoms with E-state index < -0.39 is 42.7 Å². The zero-order valence-electron chi connectivity index (χ0n) is 17.7. The normalized spacial score (nSPS) is 24.2. The largest absolute Gasteiger partial charge is 0.482 e. The van der Waals surface area contributed by atoms with Crippen LogP contribution in [0.15, 0.2) is 36.8 Å². The lowest BCUT2D eigenvalue weighted by atomic mass is 9.97. The molecule has 2 saturated heterocycles. The van der Waals surface area contributed by atoms with E-state index >= 15 is 0 Å². The Balaban J connectivity index is 1.40. The highest BCUT2D eigenvalue weighted by atomic mass is 35.5. The Labute approximate surface area is 202 Å². The molecule has 0 spiro atoms. The Morgan fingerprint density at radius 1 is 1.24 bits per heavy atom. The van der Waals surface area contributed by atoms with E-state index in [1.54, 1.807) is 19.2 Å². The molecule has 1 aromatic carbocycles. The first-order valence-corrected chi connectivity index (χ1v) is 11.1. The van der Waals surface area contributed by atoms with Gasteiger partial charge in [-0.3, -0.25) is 4.68 Å². The third-order valence-electron chi connectivity index (χ3n) is 6.01. The fraction of sp³-hybridized carbons (Fsp3) is 0.364. The van der Waals surface area contributed by atoms with Gasteiger partial charge < -0.3 is 19.9 Å². The van der Waals surface area contributed by atoms with Crippen LogP contribution in [0.3, 0.4) is 0 Å². The maximum absolute atomic E-state index is 14.3. The van der Waals surface area contributed by atoms with E-state index in [1.165, 1.54) is 29.2 Å². The van der Waals surface area contributed by atoms with Crippen LogP contribution in [0.2, 0.25) is 10.0 Å². The van der Waals surface area contributed by atoms with E-state index in [1.807, 2.05) is 0 Å². The van der Waals surface area contributed by atoms with Crippen molar-refractivity contribution in [1.82, 2.24) is 14.8 Å². The zero-order valence-corrected chi connectivity index (χ0v) is 19.2. The molecule has 0 saturated carbocycles. The summed E-state index contributed by atoms with van der Waals surface area (Å²) in [6, 6.07) is 3.51. The van der Waals surface area contributed by atoms with Crippen LogP contribution in [0.4, 0.5) is 19.0 Å². The van der Waals surface area contributed by atoms with Gasteiger partial charge in [-0.15, -0.1) is 0 Å². The molecule has 12 heteroatoms. The molecule has 2 aliphatic heterocycles. The minimum absolute atomic E-state index is 0.0626. The van der Waals surface area contributed by atoms with E-state index in [2.05, 4.69) is 10.1 Å². The zero-order chi connectivity index (χ0) is 24.2. The first-order chi connectivity index (χ1) is 16.2. The van der Waals surface area contributed by atoms with Crippen LogP contribution < -0.4 is 10.5 Å². The summed E-state index contributed by atoms with van der Waals surface area (Å²) in [6.07, 6.45) is 2.98. The number of nitrogen functional groups attached to an aromatic ring is 1. The molecular formula is C22H19Cl2F3N4O3. The van der Waals surface area contributed by atoms with Gasteiger partial charge in [0.2, 0.25) is 0 Å². The van der Waals surface area contributed by atoms with E-state index in [0.29, 0.717) is 11.1 Å². The molecule has 2 fully saturated rings. The van der Waals surface area contributed by atoms with E-state index in [4.69, 9.17) is 43.1 Å². The van der Waals surface area contributed by atoms with Crippen molar-refractivity contribution in [2.45, 2.75) is 31.3 Å². The quantitative estimate of drug-likeness (QED) is 0.465. The summed E-state index contributed by atoms with van der Waals surface area (Å²) in [5.41, 5.74) is 7.45. The van der Waals surface area contributed by atoms with Crippen molar-refractivity contribution >= 4 is 29.0 Å². The average molecular weight is 515 g/mol. The average Bonchev–Trinajstić information content (AvgIpc) is 3.50. The van der Waals surface area contributed by atoms with Gasteiger partial charge in [0.25, 0.3) is 5.92 Å². The molecule has 3 aromatic rings. The number of hydrogen-bond donors (Lipinski definition) is 1. The number of ether oxygens (including phenoxy) is 3. The number of pyridine rings is 1. The third-order valence-corrected chi connectivity index (χ3v) is 6.73. The van der Waals surface area contributed by atoms with Gasteiger partial charge >= 0.3 is 0 Å². The summed E-state index contributed by atoms with van der Waals surface area (Å²) < 4.78 is 60.3. The number of nitrogens with two attached hydrogens (primary N) is 1. The van der Waals surface area contributed by atoms with E-state index in [-0.39, 0.29) is 33.8 Å². The molecule has 2 N–H and O–H groups in total. The topological polar surface area (TPSA) is 84.4 Å². The molecule has 3 unspecified atom stereocenters. The Morgan fingerprint density at radius 2 is 2.03 bits per heavy atom. The lowest BCUT2D eigenvalue weighted by molar-refractivity contribution is -0.0928. The number of hydrogen-bond acceptors (Lipinski definition) is 6. The Kier molecular flexibility index (Phi) is 5.87. The number of anilines is 1. The number of aromatic nitrogens is 3. The fourth-order valence-electron chi connectivity index (χ4n) is 4.29. The summed E-state index contributed by atoms with van der Waals surface area (Å²) in [5, 5.41) is 4.36. The second kappa shape index (κ2) is 8.60. The summed E-state index contributed by atoms with van der Waals surface area (Å²) in [6.45, 7) is 1.04. The summed E-state index contributed by atoms with van der Waals surface area (Å²) in [4.78, 5) is 4.16. The molecule has 0 aliphatic carbocycles. The number of benzene rings is 1. The number of rotatable bonds is 5. The molecule has 4 atom stereocenters. The minimum Gasteiger partial charge on any atom is -0.482 e. The Bertz CT molecular complexity index is 1240. The number of halogens is 5. The van der Waals surface area contributed by atoms with Crippen molar-refractivity contribution in [2.75, 3.05) is 18.9 Å². The summed E-state index contributed by atoms with van der Waals surface area (Å²) in [5.74, 6) is -4.43. The Hall–Kier alpha value is -2.53. The highest BCUT2D eigenvalue weighted by Crippen LogP contribution is 2.47. The van der Waals surface area contributed by atoms with E-state index in [9.17, 15) is 13.2 Å². The molecule has 0 amide bonds. The van der Waals surface area contributed by atoms with Crippen molar-refractivity contribution in [3.8, 4) is 16.9 Å². The second-order valence-corrected chi connectivity index (χ2v) is 8.99. The molecular weight excluding hydrogens is 496 g/mol. The second-order valence-electron chi connectivity index (χ2n) is 8.20. The van der Waals surface area contributed by atoms with Crippen LogP contribution in [0.1, 0.15) is 24.6 Å². The van der Waals surface area contributed by atoms with Gasteiger partial charge in [-0.2, -0.15) is 5.10 Å². The maximum Gasteiger partial charge on any atom is 0.280 e. The van der Waals surface area contributed by atoms with Crippen molar-refractivity contribution in [2.24, 2.45) is 5.92 Å². The van der Waals surface area contributed by atoms with Crippen LogP contribution in [-0.2, 0) is 9.47 Å². The van der Waals surface area contributed by atoms with Crippen molar-refractivity contribution in [1.29, 1.82) is 0 Å². The minimum atomic E-state index is -3.00. The maximum atomic E-state index is 14.3. The molecule has 0 bridgehead atoms. The number of alkyl halides is 2. The van der Waals surface area contributed by atoms with Gasteiger partial charge in [0.1, 0.15) is 24.4 Å². The molecule has 0 radical (unpaired) electrons. The monoisotopic (exact) mass is 514 g/mol. The van der Waals surface area contributed by atoms with Crippen LogP contribution in [0.25, 0.3) is 11.1 Å². The predicted octanol–water partition coefficient (Wildman–Crippen LogP) is 5.29. The van der Waals surface area contributed by atoms with Gasteiger partial charge in [0, 0.05) is 34.1 Å². The molecule has 34 heavy (non-hydrogen) atoms. The molecule has 7 nitrogen and oxygen atoms in total. The van der Waals surface area contributed by atoms with Crippen LogP contribution >= 0.6 is 23.2 Å². The molecule has 2 aliphatic rings. The highest BCUT2D eigenvalue weighted by Gasteiger charge is 2.60. The molecule has 4 heterocycles. The van der Waals surface area contributed by atoms with Gasteiger partial charge in [0.05, 0.1) is 23.9 Å². The lowest BCUT2D eigenvalue weighted by Gasteiger charge is -2.21. The molecule has 180 valence electrons. The Morgan fingerprint density at radius 3 is 2.82 bits per heavy atom. The standard InChI is InChI=1S/C22H19Cl2F3N4O3/c1-10(17-13(23)2-3-14(25)19(17)24)34-16-4-11(5-29-20(16)28)12-6-30-31(7-12)15-8-32-21-18(15)22(26,27)9-33-21/h2-7,10,15,18,21H,8-9H2,1H3,(H2,28,29)/t10-,15?,18?,21?/m1/s1. The van der Waals surface area contributed by atoms with Gasteiger partial charge in [-0.1, -0.05) is 23.2 Å². The predicted molar refractivity (Wildman–Crippen MR) is 118 cm³/mol. The van der Waals surface area contributed by atoms with Crippen molar-refractivity contribution in [3.63, 3.8) is 0 Å². The lowest BCUT2D eigenvalue weighted by Crippen LogP contribution is -2.34. The first kappa shape index (κ1) is 23.2. The van der Waals surface area contributed by atoms with Gasteiger partial charge in [0.15, 0.2) is 17.9 Å². The van der Waals surface area contributed by atoms with Gasteiger partial charge in [-0.25, -0.2) is 18.2 Å².